The highest BCUT2D eigenvalue weighted by molar-refractivity contribution is 6.01. The monoisotopic (exact) mass is 376 g/mol. The molecule has 3 fully saturated rings. The molecule has 1 unspecified atom stereocenters. The minimum Gasteiger partial charge on any atom is -0.393 e. The smallest absolute Gasteiger partial charge is 0.190 e. The van der Waals surface area contributed by atoms with Crippen molar-refractivity contribution in [1.82, 2.24) is 0 Å². The zero-order valence-electron chi connectivity index (χ0n) is 15.8. The molecule has 0 aliphatic heterocycles. The average molecular weight is 376 g/mol. The summed E-state index contributed by atoms with van der Waals surface area (Å²) in [5.41, 5.74) is -2.48. The standard InChI is InChI=1S/C21H28O6/c1-19-5-3-11(23)7-14(19)15(24)8-12-13-4-6-21(27,17(26)10-22)20(13,2)9-16(25)18(12)19/h3,5,7,12-13,15-16,18,22,24-25,27H,4,6,8-10H2,1-2H3/t12-,13-,15?,16-,18+,19-,20-,21-/m0/s1. The molecule has 0 aromatic rings. The number of carbonyl (C=O) groups excluding carboxylic acids is 2. The number of aliphatic hydroxyl groups is 4. The second-order valence-corrected chi connectivity index (χ2v) is 9.33. The topological polar surface area (TPSA) is 115 Å². The van der Waals surface area contributed by atoms with Crippen LogP contribution in [0, 0.1) is 28.6 Å². The lowest BCUT2D eigenvalue weighted by Gasteiger charge is -2.60. The number of Topliss-reactive ketones (excluding diaryl/α,β-unsaturated/α-hetero) is 1. The van der Waals surface area contributed by atoms with E-state index in [1.807, 2.05) is 13.8 Å². The fourth-order valence-corrected chi connectivity index (χ4v) is 6.97. The van der Waals surface area contributed by atoms with Crippen molar-refractivity contribution < 1.29 is 30.0 Å². The van der Waals surface area contributed by atoms with Crippen LogP contribution in [0.15, 0.2) is 23.8 Å². The molecule has 0 heterocycles. The zero-order chi connectivity index (χ0) is 19.8. The maximum absolute atomic E-state index is 12.4. The van der Waals surface area contributed by atoms with Gasteiger partial charge in [-0.15, -0.1) is 0 Å². The second kappa shape index (κ2) is 5.83. The maximum atomic E-state index is 12.4. The van der Waals surface area contributed by atoms with E-state index in [1.165, 1.54) is 12.2 Å². The van der Waals surface area contributed by atoms with Crippen molar-refractivity contribution in [3.05, 3.63) is 23.8 Å². The molecule has 0 aromatic heterocycles. The molecule has 4 N–H and O–H groups in total. The molecule has 148 valence electrons. The molecule has 8 atom stereocenters. The van der Waals surface area contributed by atoms with E-state index in [0.717, 1.165) is 0 Å². The highest BCUT2D eigenvalue weighted by Gasteiger charge is 2.68. The van der Waals surface area contributed by atoms with Crippen LogP contribution in [0.5, 0.6) is 0 Å². The molecule has 3 saturated carbocycles. The first-order valence-electron chi connectivity index (χ1n) is 9.76. The summed E-state index contributed by atoms with van der Waals surface area (Å²) in [6.45, 7) is 3.06. The molecule has 27 heavy (non-hydrogen) atoms. The van der Waals surface area contributed by atoms with Gasteiger partial charge in [0.25, 0.3) is 0 Å². The molecule has 4 rings (SSSR count). The maximum Gasteiger partial charge on any atom is 0.190 e. The Morgan fingerprint density at radius 2 is 2.00 bits per heavy atom. The van der Waals surface area contributed by atoms with E-state index < -0.39 is 41.0 Å². The Morgan fingerprint density at radius 1 is 1.30 bits per heavy atom. The number of ketones is 2. The van der Waals surface area contributed by atoms with Crippen molar-refractivity contribution in [2.75, 3.05) is 6.61 Å². The highest BCUT2D eigenvalue weighted by Crippen LogP contribution is 2.67. The third kappa shape index (κ3) is 2.27. The Balaban J connectivity index is 1.78. The molecule has 0 radical (unpaired) electrons. The van der Waals surface area contributed by atoms with Crippen molar-refractivity contribution in [3.8, 4) is 0 Å². The first kappa shape index (κ1) is 19.0. The molecule has 4 aliphatic carbocycles. The van der Waals surface area contributed by atoms with Gasteiger partial charge in [0.1, 0.15) is 12.2 Å². The van der Waals surface area contributed by atoms with Crippen LogP contribution in [0.3, 0.4) is 0 Å². The molecule has 0 bridgehead atoms. The normalized spacial score (nSPS) is 51.3. The fraction of sp³-hybridized carbons (Fsp3) is 0.714. The highest BCUT2D eigenvalue weighted by atomic mass is 16.3. The van der Waals surface area contributed by atoms with Gasteiger partial charge >= 0.3 is 0 Å². The summed E-state index contributed by atoms with van der Waals surface area (Å²) < 4.78 is 0. The van der Waals surface area contributed by atoms with Gasteiger partial charge in [-0.05, 0) is 55.2 Å². The zero-order valence-corrected chi connectivity index (χ0v) is 15.8. The molecule has 6 nitrogen and oxygen atoms in total. The van der Waals surface area contributed by atoms with E-state index in [4.69, 9.17) is 0 Å². The molecular weight excluding hydrogens is 348 g/mol. The van der Waals surface area contributed by atoms with Gasteiger partial charge in [-0.25, -0.2) is 0 Å². The van der Waals surface area contributed by atoms with Crippen LogP contribution in [0.2, 0.25) is 0 Å². The number of aliphatic hydroxyl groups excluding tert-OH is 3. The van der Waals surface area contributed by atoms with Crippen LogP contribution in [-0.4, -0.2) is 56.4 Å². The van der Waals surface area contributed by atoms with Crippen molar-refractivity contribution in [3.63, 3.8) is 0 Å². The van der Waals surface area contributed by atoms with Gasteiger partial charge in [-0.1, -0.05) is 19.9 Å². The van der Waals surface area contributed by atoms with Gasteiger partial charge in [0, 0.05) is 16.7 Å². The molecule has 0 saturated heterocycles. The number of carbonyl (C=O) groups is 2. The first-order chi connectivity index (χ1) is 12.6. The summed E-state index contributed by atoms with van der Waals surface area (Å²) in [6, 6.07) is 0. The van der Waals surface area contributed by atoms with E-state index in [1.54, 1.807) is 6.08 Å². The van der Waals surface area contributed by atoms with Crippen LogP contribution in [0.25, 0.3) is 0 Å². The Bertz CT molecular complexity index is 756. The van der Waals surface area contributed by atoms with Crippen molar-refractivity contribution in [2.45, 2.75) is 57.3 Å². The van der Waals surface area contributed by atoms with Crippen molar-refractivity contribution in [2.24, 2.45) is 28.6 Å². The van der Waals surface area contributed by atoms with Gasteiger partial charge in [-0.3, -0.25) is 9.59 Å². The number of allylic oxidation sites excluding steroid dienone is 3. The third-order valence-corrected chi connectivity index (χ3v) is 8.27. The lowest BCUT2D eigenvalue weighted by molar-refractivity contribution is -0.182. The van der Waals surface area contributed by atoms with E-state index in [-0.39, 0.29) is 36.4 Å². The molecule has 6 heteroatoms. The summed E-state index contributed by atoms with van der Waals surface area (Å²) in [4.78, 5) is 24.2. The number of hydrogen-bond donors (Lipinski definition) is 4. The predicted molar refractivity (Wildman–Crippen MR) is 96.4 cm³/mol. The lowest BCUT2D eigenvalue weighted by Crippen LogP contribution is -2.63. The fourth-order valence-electron chi connectivity index (χ4n) is 6.97. The van der Waals surface area contributed by atoms with Crippen LogP contribution in [0.1, 0.15) is 39.5 Å². The second-order valence-electron chi connectivity index (χ2n) is 9.33. The Kier molecular flexibility index (Phi) is 4.10. The summed E-state index contributed by atoms with van der Waals surface area (Å²) in [5.74, 6) is -1.08. The van der Waals surface area contributed by atoms with Crippen LogP contribution < -0.4 is 0 Å². The molecule has 0 spiro atoms. The Labute approximate surface area is 158 Å². The third-order valence-electron chi connectivity index (χ3n) is 8.27. The predicted octanol–water partition coefficient (Wildman–Crippen LogP) is 0.528. The number of hydrogen-bond acceptors (Lipinski definition) is 6. The Morgan fingerprint density at radius 3 is 2.67 bits per heavy atom. The Hall–Kier alpha value is -1.34. The van der Waals surface area contributed by atoms with E-state index in [0.29, 0.717) is 18.4 Å². The van der Waals surface area contributed by atoms with Gasteiger partial charge in [0.05, 0.1) is 12.2 Å². The van der Waals surface area contributed by atoms with Gasteiger partial charge in [0.2, 0.25) is 0 Å². The minimum atomic E-state index is -1.65. The van der Waals surface area contributed by atoms with Gasteiger partial charge in [0.15, 0.2) is 11.6 Å². The SMILES string of the molecule is C[C@]12C=CC(=O)C=C1C(O)C[C@@H]1[C@@H]2[C@@H](O)C[C@@]2(C)[C@H]1CC[C@]2(O)C(=O)CO. The largest absolute Gasteiger partial charge is 0.393 e. The molecular formula is C21H28O6. The van der Waals surface area contributed by atoms with Crippen LogP contribution in [-0.2, 0) is 9.59 Å². The molecule has 0 aromatic carbocycles. The molecule has 4 aliphatic rings. The number of rotatable bonds is 2. The van der Waals surface area contributed by atoms with Crippen LogP contribution in [0.4, 0.5) is 0 Å². The number of fused-ring (bicyclic) bond motifs is 5. The van der Waals surface area contributed by atoms with Crippen molar-refractivity contribution >= 4 is 11.6 Å². The average Bonchev–Trinajstić information content (AvgIpc) is 2.87. The summed E-state index contributed by atoms with van der Waals surface area (Å²) in [6.07, 6.45) is 4.73. The van der Waals surface area contributed by atoms with E-state index >= 15 is 0 Å². The quantitative estimate of drug-likeness (QED) is 0.559. The van der Waals surface area contributed by atoms with Crippen LogP contribution >= 0.6 is 0 Å². The molecule has 0 amide bonds. The summed E-state index contributed by atoms with van der Waals surface area (Å²) >= 11 is 0. The first-order valence-corrected chi connectivity index (χ1v) is 9.76. The van der Waals surface area contributed by atoms with Crippen molar-refractivity contribution in [1.29, 1.82) is 0 Å². The summed E-state index contributed by atoms with van der Waals surface area (Å²) in [7, 11) is 0. The minimum absolute atomic E-state index is 0.0505. The lowest BCUT2D eigenvalue weighted by atomic mass is 9.45. The summed E-state index contributed by atoms with van der Waals surface area (Å²) in [5, 5.41) is 42.5. The van der Waals surface area contributed by atoms with Gasteiger partial charge < -0.3 is 20.4 Å². The van der Waals surface area contributed by atoms with Gasteiger partial charge in [-0.2, -0.15) is 0 Å². The van der Waals surface area contributed by atoms with E-state index in [9.17, 15) is 30.0 Å². The van der Waals surface area contributed by atoms with E-state index in [2.05, 4.69) is 0 Å².